The second-order valence-electron chi connectivity index (χ2n) is 5.40. The van der Waals surface area contributed by atoms with Crippen LogP contribution >= 0.6 is 0 Å². The minimum atomic E-state index is -0.450. The highest BCUT2D eigenvalue weighted by atomic mass is 16.5. The molecule has 0 aromatic heterocycles. The van der Waals surface area contributed by atoms with E-state index in [-0.39, 0.29) is 11.6 Å². The van der Waals surface area contributed by atoms with Crippen LogP contribution in [0.3, 0.4) is 0 Å². The van der Waals surface area contributed by atoms with E-state index in [4.69, 9.17) is 10.5 Å². The van der Waals surface area contributed by atoms with Gasteiger partial charge in [0.15, 0.2) is 0 Å². The van der Waals surface area contributed by atoms with Crippen molar-refractivity contribution in [2.45, 2.75) is 13.0 Å². The Hall–Kier alpha value is -3.46. The zero-order valence-electron chi connectivity index (χ0n) is 14.1. The molecule has 0 spiro atoms. The van der Waals surface area contributed by atoms with Gasteiger partial charge in [-0.1, -0.05) is 12.1 Å². The standard InChI is InChI=1S/C19H20N4O2/c1-13(14-3-9-18(25-2)10-4-14)23-19(24)15(11-20)12-22-17-7-5-16(21)6-8-17/h3-10,12-13,22H,21H2,1-2H3,(H,23,24)/b15-12-. The van der Waals surface area contributed by atoms with Gasteiger partial charge in [-0.3, -0.25) is 4.79 Å². The zero-order valence-corrected chi connectivity index (χ0v) is 14.1. The number of nitriles is 1. The Bertz CT molecular complexity index is 790. The van der Waals surface area contributed by atoms with Crippen LogP contribution in [0.4, 0.5) is 11.4 Å². The first-order valence-corrected chi connectivity index (χ1v) is 7.70. The molecule has 1 amide bonds. The lowest BCUT2D eigenvalue weighted by atomic mass is 10.1. The van der Waals surface area contributed by atoms with Crippen molar-refractivity contribution in [1.82, 2.24) is 5.32 Å². The third kappa shape index (κ3) is 5.01. The van der Waals surface area contributed by atoms with Crippen LogP contribution in [-0.4, -0.2) is 13.0 Å². The van der Waals surface area contributed by atoms with Crippen molar-refractivity contribution >= 4 is 17.3 Å². The van der Waals surface area contributed by atoms with Crippen molar-refractivity contribution in [3.63, 3.8) is 0 Å². The molecule has 4 N–H and O–H groups in total. The summed E-state index contributed by atoms with van der Waals surface area (Å²) >= 11 is 0. The molecule has 1 unspecified atom stereocenters. The number of methoxy groups -OCH3 is 1. The summed E-state index contributed by atoms with van der Waals surface area (Å²) in [5.41, 5.74) is 7.89. The molecule has 0 saturated heterocycles. The number of nitrogens with zero attached hydrogens (tertiary/aromatic N) is 1. The van der Waals surface area contributed by atoms with E-state index >= 15 is 0 Å². The first kappa shape index (κ1) is 17.9. The molecule has 6 heteroatoms. The molecule has 0 aliphatic carbocycles. The summed E-state index contributed by atoms with van der Waals surface area (Å²) in [4.78, 5) is 12.3. The van der Waals surface area contributed by atoms with Crippen LogP contribution in [0.15, 0.2) is 60.3 Å². The zero-order chi connectivity index (χ0) is 18.2. The van der Waals surface area contributed by atoms with Crippen molar-refractivity contribution in [3.05, 3.63) is 65.9 Å². The van der Waals surface area contributed by atoms with E-state index < -0.39 is 5.91 Å². The van der Waals surface area contributed by atoms with Gasteiger partial charge in [-0.05, 0) is 48.9 Å². The van der Waals surface area contributed by atoms with Crippen molar-refractivity contribution in [2.24, 2.45) is 0 Å². The van der Waals surface area contributed by atoms with E-state index in [0.29, 0.717) is 5.69 Å². The predicted molar refractivity (Wildman–Crippen MR) is 97.7 cm³/mol. The first-order chi connectivity index (χ1) is 12.0. The van der Waals surface area contributed by atoms with Crippen LogP contribution in [0.25, 0.3) is 0 Å². The molecule has 6 nitrogen and oxygen atoms in total. The van der Waals surface area contributed by atoms with E-state index in [2.05, 4.69) is 10.6 Å². The van der Waals surface area contributed by atoms with E-state index in [0.717, 1.165) is 17.0 Å². The number of benzene rings is 2. The Kier molecular flexibility index (Phi) is 6.02. The van der Waals surface area contributed by atoms with Gasteiger partial charge in [0.2, 0.25) is 0 Å². The molecule has 0 fully saturated rings. The molecule has 2 aromatic carbocycles. The Morgan fingerprint density at radius 3 is 2.40 bits per heavy atom. The Balaban J connectivity index is 2.01. The molecule has 0 aliphatic heterocycles. The van der Waals surface area contributed by atoms with Gasteiger partial charge in [-0.25, -0.2) is 0 Å². The topological polar surface area (TPSA) is 100 Å². The molecule has 0 radical (unpaired) electrons. The maximum absolute atomic E-state index is 12.3. The fourth-order valence-corrected chi connectivity index (χ4v) is 2.13. The second-order valence-corrected chi connectivity index (χ2v) is 5.40. The number of carbonyl (C=O) groups excluding carboxylic acids is 1. The van der Waals surface area contributed by atoms with Crippen LogP contribution in [-0.2, 0) is 4.79 Å². The monoisotopic (exact) mass is 336 g/mol. The van der Waals surface area contributed by atoms with Crippen LogP contribution in [0.2, 0.25) is 0 Å². The minimum Gasteiger partial charge on any atom is -0.497 e. The largest absolute Gasteiger partial charge is 0.497 e. The number of anilines is 2. The third-order valence-electron chi connectivity index (χ3n) is 3.62. The molecule has 1 atom stereocenters. The average Bonchev–Trinajstić information content (AvgIpc) is 2.63. The number of hydrogen-bond donors (Lipinski definition) is 3. The number of nitrogens with two attached hydrogens (primary N) is 1. The summed E-state index contributed by atoms with van der Waals surface area (Å²) in [6.45, 7) is 1.85. The van der Waals surface area contributed by atoms with Gasteiger partial charge in [-0.15, -0.1) is 0 Å². The summed E-state index contributed by atoms with van der Waals surface area (Å²) in [7, 11) is 1.60. The number of rotatable bonds is 6. The molecule has 0 heterocycles. The van der Waals surface area contributed by atoms with E-state index in [9.17, 15) is 10.1 Å². The summed E-state index contributed by atoms with van der Waals surface area (Å²) in [5.74, 6) is 0.293. The quantitative estimate of drug-likeness (QED) is 0.428. The van der Waals surface area contributed by atoms with Gasteiger partial charge >= 0.3 is 0 Å². The summed E-state index contributed by atoms with van der Waals surface area (Å²) < 4.78 is 5.11. The van der Waals surface area contributed by atoms with Gasteiger partial charge in [-0.2, -0.15) is 5.26 Å². The van der Waals surface area contributed by atoms with Crippen LogP contribution in [0.1, 0.15) is 18.5 Å². The lowest BCUT2D eigenvalue weighted by Crippen LogP contribution is -2.28. The number of carbonyl (C=O) groups is 1. The molecule has 0 saturated carbocycles. The fourth-order valence-electron chi connectivity index (χ4n) is 2.13. The smallest absolute Gasteiger partial charge is 0.263 e. The van der Waals surface area contributed by atoms with E-state index in [1.807, 2.05) is 37.3 Å². The maximum Gasteiger partial charge on any atom is 0.263 e. The molecular weight excluding hydrogens is 316 g/mol. The number of amides is 1. The number of nitrogens with one attached hydrogen (secondary N) is 2. The van der Waals surface area contributed by atoms with Gasteiger partial charge in [0.1, 0.15) is 17.4 Å². The van der Waals surface area contributed by atoms with E-state index in [1.54, 1.807) is 31.4 Å². The van der Waals surface area contributed by atoms with Crippen LogP contribution < -0.4 is 21.1 Å². The second kappa shape index (κ2) is 8.41. The summed E-state index contributed by atoms with van der Waals surface area (Å²) in [6.07, 6.45) is 1.38. The Labute approximate surface area is 146 Å². The number of ether oxygens (including phenoxy) is 1. The Morgan fingerprint density at radius 1 is 1.20 bits per heavy atom. The number of nitrogen functional groups attached to an aromatic ring is 1. The minimum absolute atomic E-state index is 0.0165. The van der Waals surface area contributed by atoms with Crippen LogP contribution in [0.5, 0.6) is 5.75 Å². The molecule has 25 heavy (non-hydrogen) atoms. The SMILES string of the molecule is COc1ccc(C(C)NC(=O)/C(C#N)=C\Nc2ccc(N)cc2)cc1. The van der Waals surface area contributed by atoms with E-state index in [1.165, 1.54) is 6.20 Å². The third-order valence-corrected chi connectivity index (χ3v) is 3.62. The lowest BCUT2D eigenvalue weighted by molar-refractivity contribution is -0.117. The summed E-state index contributed by atoms with van der Waals surface area (Å²) in [5, 5.41) is 14.9. The highest BCUT2D eigenvalue weighted by Gasteiger charge is 2.13. The number of hydrogen-bond acceptors (Lipinski definition) is 5. The molecule has 2 aromatic rings. The van der Waals surface area contributed by atoms with Crippen LogP contribution in [0, 0.1) is 11.3 Å². The Morgan fingerprint density at radius 2 is 1.84 bits per heavy atom. The van der Waals surface area contributed by atoms with Gasteiger partial charge in [0.05, 0.1) is 13.2 Å². The molecule has 0 aliphatic rings. The summed E-state index contributed by atoms with van der Waals surface area (Å²) in [6, 6.07) is 16.0. The predicted octanol–water partition coefficient (Wildman–Crippen LogP) is 2.97. The normalized spacial score (nSPS) is 12.0. The average molecular weight is 336 g/mol. The highest BCUT2D eigenvalue weighted by Crippen LogP contribution is 2.17. The van der Waals surface area contributed by atoms with Crippen molar-refractivity contribution < 1.29 is 9.53 Å². The van der Waals surface area contributed by atoms with Gasteiger partial charge in [0.25, 0.3) is 5.91 Å². The van der Waals surface area contributed by atoms with Crippen molar-refractivity contribution in [1.29, 1.82) is 5.26 Å². The van der Waals surface area contributed by atoms with Crippen molar-refractivity contribution in [3.8, 4) is 11.8 Å². The highest BCUT2D eigenvalue weighted by molar-refractivity contribution is 5.97. The van der Waals surface area contributed by atoms with Gasteiger partial charge in [0, 0.05) is 17.6 Å². The molecular formula is C19H20N4O2. The molecule has 128 valence electrons. The van der Waals surface area contributed by atoms with Crippen molar-refractivity contribution in [2.75, 3.05) is 18.2 Å². The first-order valence-electron chi connectivity index (χ1n) is 7.70. The molecule has 2 rings (SSSR count). The maximum atomic E-state index is 12.3. The molecule has 0 bridgehead atoms. The lowest BCUT2D eigenvalue weighted by Gasteiger charge is -2.14. The van der Waals surface area contributed by atoms with Gasteiger partial charge < -0.3 is 21.1 Å². The fraction of sp³-hybridized carbons (Fsp3) is 0.158.